The van der Waals surface area contributed by atoms with Gasteiger partial charge in [-0.05, 0) is 40.5 Å². The number of rotatable bonds is 6. The Balaban J connectivity index is 2.34. The molecule has 0 saturated heterocycles. The SMILES string of the molecule is C=Cc1ccccc1P(c1ccccc1C=C)c1ccccc1C=C. The lowest BCUT2D eigenvalue weighted by molar-refractivity contribution is 1.69. The van der Waals surface area contributed by atoms with Crippen LogP contribution in [0.3, 0.4) is 0 Å². The molecule has 0 N–H and O–H groups in total. The van der Waals surface area contributed by atoms with E-state index in [1.54, 1.807) is 0 Å². The third-order valence-corrected chi connectivity index (χ3v) is 6.86. The molecule has 25 heavy (non-hydrogen) atoms. The summed E-state index contributed by atoms with van der Waals surface area (Å²) < 4.78 is 0. The molecule has 0 saturated carbocycles. The summed E-state index contributed by atoms with van der Waals surface area (Å²) in [6, 6.07) is 25.5. The van der Waals surface area contributed by atoms with Gasteiger partial charge >= 0.3 is 0 Å². The zero-order chi connectivity index (χ0) is 17.6. The van der Waals surface area contributed by atoms with Crippen molar-refractivity contribution in [1.82, 2.24) is 0 Å². The molecule has 0 aliphatic heterocycles. The Morgan fingerprint density at radius 3 is 1.04 bits per heavy atom. The minimum atomic E-state index is -0.740. The van der Waals surface area contributed by atoms with Gasteiger partial charge in [-0.2, -0.15) is 0 Å². The fourth-order valence-electron chi connectivity index (χ4n) is 2.98. The van der Waals surface area contributed by atoms with Gasteiger partial charge in [-0.25, -0.2) is 0 Å². The van der Waals surface area contributed by atoms with Crippen LogP contribution in [0.1, 0.15) is 16.7 Å². The van der Waals surface area contributed by atoms with Gasteiger partial charge in [-0.3, -0.25) is 0 Å². The first kappa shape index (κ1) is 17.1. The minimum Gasteiger partial charge on any atom is -0.0984 e. The lowest BCUT2D eigenvalue weighted by atomic mass is 10.2. The summed E-state index contributed by atoms with van der Waals surface area (Å²) in [6.07, 6.45) is 5.83. The molecule has 122 valence electrons. The first-order chi connectivity index (χ1) is 12.3. The van der Waals surface area contributed by atoms with Crippen molar-refractivity contribution in [3.05, 3.63) is 109 Å². The maximum Gasteiger partial charge on any atom is -0.00785 e. The Kier molecular flexibility index (Phi) is 5.43. The van der Waals surface area contributed by atoms with Gasteiger partial charge in [0.2, 0.25) is 0 Å². The van der Waals surface area contributed by atoms with Crippen LogP contribution in [-0.4, -0.2) is 0 Å². The zero-order valence-corrected chi connectivity index (χ0v) is 15.1. The van der Waals surface area contributed by atoms with Gasteiger partial charge in [0.25, 0.3) is 0 Å². The fraction of sp³-hybridized carbons (Fsp3) is 0. The standard InChI is InChI=1S/C24H21P/c1-4-19-13-7-10-16-22(19)25(23-17-11-8-14-20(23)5-2)24-18-12-9-15-21(24)6-3/h4-18H,1-3H2. The summed E-state index contributed by atoms with van der Waals surface area (Å²) in [6.45, 7) is 12.0. The van der Waals surface area contributed by atoms with E-state index in [1.807, 2.05) is 18.2 Å². The molecule has 0 unspecified atom stereocenters. The van der Waals surface area contributed by atoms with Crippen LogP contribution in [0.4, 0.5) is 0 Å². The van der Waals surface area contributed by atoms with Gasteiger partial charge in [0.05, 0.1) is 0 Å². The molecule has 0 aliphatic rings. The fourth-order valence-corrected chi connectivity index (χ4v) is 5.74. The van der Waals surface area contributed by atoms with Crippen molar-refractivity contribution in [1.29, 1.82) is 0 Å². The van der Waals surface area contributed by atoms with E-state index in [0.29, 0.717) is 0 Å². The summed E-state index contributed by atoms with van der Waals surface area (Å²) in [5.41, 5.74) is 3.52. The average Bonchev–Trinajstić information content (AvgIpc) is 2.69. The van der Waals surface area contributed by atoms with Crippen LogP contribution < -0.4 is 15.9 Å². The number of hydrogen-bond donors (Lipinski definition) is 0. The van der Waals surface area contributed by atoms with Gasteiger partial charge in [-0.15, -0.1) is 0 Å². The molecule has 0 heterocycles. The molecular formula is C24H21P. The van der Waals surface area contributed by atoms with Gasteiger partial charge in [-0.1, -0.05) is 111 Å². The number of hydrogen-bond acceptors (Lipinski definition) is 0. The van der Waals surface area contributed by atoms with Gasteiger partial charge in [0.15, 0.2) is 0 Å². The molecule has 1 heteroatoms. The molecule has 0 atom stereocenters. The lowest BCUT2D eigenvalue weighted by Crippen LogP contribution is -2.25. The van der Waals surface area contributed by atoms with Crippen molar-refractivity contribution < 1.29 is 0 Å². The van der Waals surface area contributed by atoms with E-state index in [4.69, 9.17) is 0 Å². The van der Waals surface area contributed by atoms with Crippen molar-refractivity contribution in [2.45, 2.75) is 0 Å². The van der Waals surface area contributed by atoms with E-state index in [0.717, 1.165) is 0 Å². The van der Waals surface area contributed by atoms with Gasteiger partial charge in [0, 0.05) is 0 Å². The molecule has 3 aromatic rings. The second kappa shape index (κ2) is 7.92. The Labute approximate surface area is 151 Å². The van der Waals surface area contributed by atoms with Crippen molar-refractivity contribution >= 4 is 42.1 Å². The lowest BCUT2D eigenvalue weighted by Gasteiger charge is -2.24. The smallest absolute Gasteiger partial charge is 0.00785 e. The highest BCUT2D eigenvalue weighted by Crippen LogP contribution is 2.37. The van der Waals surface area contributed by atoms with Crippen LogP contribution >= 0.6 is 7.92 Å². The molecule has 0 nitrogen and oxygen atoms in total. The molecule has 0 bridgehead atoms. The maximum atomic E-state index is 4.02. The Hall–Kier alpha value is -2.69. The Bertz CT molecular complexity index is 798. The second-order valence-corrected chi connectivity index (χ2v) is 7.74. The van der Waals surface area contributed by atoms with Crippen LogP contribution in [0.25, 0.3) is 18.2 Å². The monoisotopic (exact) mass is 340 g/mol. The van der Waals surface area contributed by atoms with Crippen molar-refractivity contribution in [2.75, 3.05) is 0 Å². The van der Waals surface area contributed by atoms with E-state index < -0.39 is 7.92 Å². The maximum absolute atomic E-state index is 4.02. The Morgan fingerprint density at radius 1 is 0.480 bits per heavy atom. The summed E-state index contributed by atoms with van der Waals surface area (Å²) in [5.74, 6) is 0. The van der Waals surface area contributed by atoms with E-state index in [9.17, 15) is 0 Å². The largest absolute Gasteiger partial charge is 0.0984 e. The Morgan fingerprint density at radius 2 is 0.760 bits per heavy atom. The molecular weight excluding hydrogens is 319 g/mol. The van der Waals surface area contributed by atoms with Crippen molar-refractivity contribution in [3.8, 4) is 0 Å². The van der Waals surface area contributed by atoms with Crippen molar-refractivity contribution in [3.63, 3.8) is 0 Å². The predicted molar refractivity (Wildman–Crippen MR) is 115 cm³/mol. The molecule has 0 spiro atoms. The second-order valence-electron chi connectivity index (χ2n) is 5.62. The average molecular weight is 340 g/mol. The molecule has 0 radical (unpaired) electrons. The van der Waals surface area contributed by atoms with Crippen LogP contribution in [0.5, 0.6) is 0 Å². The molecule has 3 aromatic carbocycles. The molecule has 0 fully saturated rings. The van der Waals surface area contributed by atoms with E-state index in [1.165, 1.54) is 32.6 Å². The number of benzene rings is 3. The third-order valence-electron chi connectivity index (χ3n) is 4.19. The summed E-state index contributed by atoms with van der Waals surface area (Å²) in [5, 5.41) is 3.91. The van der Waals surface area contributed by atoms with E-state index in [2.05, 4.69) is 92.5 Å². The highest BCUT2D eigenvalue weighted by atomic mass is 31.1. The summed E-state index contributed by atoms with van der Waals surface area (Å²) >= 11 is 0. The van der Waals surface area contributed by atoms with Gasteiger partial charge < -0.3 is 0 Å². The predicted octanol–water partition coefficient (Wildman–Crippen LogP) is 5.37. The molecule has 0 aromatic heterocycles. The van der Waals surface area contributed by atoms with E-state index in [-0.39, 0.29) is 0 Å². The molecule has 3 rings (SSSR count). The first-order valence-electron chi connectivity index (χ1n) is 8.24. The van der Waals surface area contributed by atoms with Crippen LogP contribution in [0.2, 0.25) is 0 Å². The van der Waals surface area contributed by atoms with Gasteiger partial charge in [0.1, 0.15) is 0 Å². The quantitative estimate of drug-likeness (QED) is 0.529. The van der Waals surface area contributed by atoms with Crippen LogP contribution in [0.15, 0.2) is 92.5 Å². The summed E-state index contributed by atoms with van der Waals surface area (Å²) in [4.78, 5) is 0. The molecule has 0 aliphatic carbocycles. The highest BCUT2D eigenvalue weighted by molar-refractivity contribution is 7.80. The topological polar surface area (TPSA) is 0 Å². The van der Waals surface area contributed by atoms with Crippen molar-refractivity contribution in [2.24, 2.45) is 0 Å². The normalized spacial score (nSPS) is 10.4. The molecule has 0 amide bonds. The zero-order valence-electron chi connectivity index (χ0n) is 14.2. The summed E-state index contributed by atoms with van der Waals surface area (Å²) in [7, 11) is -0.740. The first-order valence-corrected chi connectivity index (χ1v) is 9.59. The van der Waals surface area contributed by atoms with Crippen LogP contribution in [-0.2, 0) is 0 Å². The third kappa shape index (κ3) is 3.40. The minimum absolute atomic E-state index is 0.740. The van der Waals surface area contributed by atoms with E-state index >= 15 is 0 Å². The van der Waals surface area contributed by atoms with Crippen LogP contribution in [0, 0.1) is 0 Å². The highest BCUT2D eigenvalue weighted by Gasteiger charge is 2.22.